The summed E-state index contributed by atoms with van der Waals surface area (Å²) in [6, 6.07) is 14.4. The molecule has 3 aromatic rings. The minimum absolute atomic E-state index is 0.183. The molecule has 25 heavy (non-hydrogen) atoms. The number of aromatic amines is 1. The summed E-state index contributed by atoms with van der Waals surface area (Å²) >= 11 is 0. The normalized spacial score (nSPS) is 11.2. The van der Waals surface area contributed by atoms with E-state index in [4.69, 9.17) is 0 Å². The van der Waals surface area contributed by atoms with Crippen molar-refractivity contribution in [3.63, 3.8) is 0 Å². The molecule has 8 nitrogen and oxygen atoms in total. The van der Waals surface area contributed by atoms with Crippen molar-refractivity contribution in [2.45, 2.75) is 4.90 Å². The Morgan fingerprint density at radius 1 is 1.04 bits per heavy atom. The smallest absolute Gasteiger partial charge is 0.274 e. The van der Waals surface area contributed by atoms with Gasteiger partial charge >= 0.3 is 0 Å². The van der Waals surface area contributed by atoms with Gasteiger partial charge in [-0.2, -0.15) is 5.10 Å². The number of aromatic nitrogens is 2. The van der Waals surface area contributed by atoms with E-state index in [-0.39, 0.29) is 16.3 Å². The van der Waals surface area contributed by atoms with Crippen molar-refractivity contribution in [2.24, 2.45) is 0 Å². The number of H-pyrrole nitrogens is 1. The molecule has 2 aromatic carbocycles. The molecule has 3 rings (SSSR count). The third-order valence-corrected chi connectivity index (χ3v) is 5.07. The summed E-state index contributed by atoms with van der Waals surface area (Å²) in [6.07, 6.45) is 0. The summed E-state index contributed by atoms with van der Waals surface area (Å²) < 4.78 is 24.8. The molecule has 9 heteroatoms. The first-order chi connectivity index (χ1) is 11.9. The molecule has 0 aliphatic carbocycles. The molecule has 0 saturated carbocycles. The number of nitro groups is 1. The van der Waals surface area contributed by atoms with Gasteiger partial charge in [-0.25, -0.2) is 8.42 Å². The highest BCUT2D eigenvalue weighted by molar-refractivity contribution is 8.06. The molecule has 1 N–H and O–H groups in total. The Labute approximate surface area is 142 Å². The van der Waals surface area contributed by atoms with Crippen molar-refractivity contribution in [3.05, 3.63) is 76.5 Å². The fourth-order valence-corrected chi connectivity index (χ4v) is 3.28. The van der Waals surface area contributed by atoms with Gasteiger partial charge in [0.2, 0.25) is 9.84 Å². The van der Waals surface area contributed by atoms with Gasteiger partial charge in [0.15, 0.2) is 0 Å². The number of carbonyl (C=O) groups excluding carboxylic acids is 1. The fraction of sp³-hybridized carbons (Fsp3) is 0. The Hall–Kier alpha value is -3.33. The summed E-state index contributed by atoms with van der Waals surface area (Å²) in [5.41, 5.74) is 0.713. The monoisotopic (exact) mass is 357 g/mol. The van der Waals surface area contributed by atoms with Crippen molar-refractivity contribution in [2.75, 3.05) is 0 Å². The second kappa shape index (κ2) is 6.29. The lowest BCUT2D eigenvalue weighted by atomic mass is 10.1. The topological polar surface area (TPSA) is 123 Å². The molecule has 0 unspecified atom stereocenters. The minimum Gasteiger partial charge on any atom is -0.274 e. The van der Waals surface area contributed by atoms with Gasteiger partial charge in [0, 0.05) is 17.7 Å². The maximum Gasteiger partial charge on any atom is 0.299 e. The molecule has 0 atom stereocenters. The molecule has 0 spiro atoms. The predicted molar refractivity (Wildman–Crippen MR) is 88.6 cm³/mol. The molecule has 1 heterocycles. The highest BCUT2D eigenvalue weighted by Gasteiger charge is 2.28. The number of hydrogen-bond acceptors (Lipinski definition) is 6. The van der Waals surface area contributed by atoms with Crippen LogP contribution >= 0.6 is 0 Å². The highest BCUT2D eigenvalue weighted by Crippen LogP contribution is 2.22. The predicted octanol–water partition coefficient (Wildman–Crippen LogP) is 2.60. The molecular weight excluding hydrogens is 346 g/mol. The lowest BCUT2D eigenvalue weighted by Crippen LogP contribution is -2.15. The van der Waals surface area contributed by atoms with E-state index in [1.54, 1.807) is 24.3 Å². The molecule has 0 aliphatic heterocycles. The van der Waals surface area contributed by atoms with Crippen LogP contribution in [0.15, 0.2) is 65.6 Å². The van der Waals surface area contributed by atoms with Crippen LogP contribution in [0.1, 0.15) is 10.5 Å². The largest absolute Gasteiger partial charge is 0.299 e. The Bertz CT molecular complexity index is 1040. The summed E-state index contributed by atoms with van der Waals surface area (Å²) in [4.78, 5) is 22.0. The van der Waals surface area contributed by atoms with Crippen molar-refractivity contribution in [3.8, 4) is 11.3 Å². The van der Waals surface area contributed by atoms with Crippen LogP contribution in [0.2, 0.25) is 0 Å². The van der Waals surface area contributed by atoms with Gasteiger partial charge in [-0.15, -0.1) is 0 Å². The molecule has 0 amide bonds. The molecule has 0 fully saturated rings. The first kappa shape index (κ1) is 16.5. The van der Waals surface area contributed by atoms with Crippen LogP contribution in [0.4, 0.5) is 5.69 Å². The highest BCUT2D eigenvalue weighted by atomic mass is 32.2. The number of hydrogen-bond donors (Lipinski definition) is 1. The molecule has 0 radical (unpaired) electrons. The van der Waals surface area contributed by atoms with Crippen molar-refractivity contribution in [1.29, 1.82) is 0 Å². The van der Waals surface area contributed by atoms with E-state index in [1.807, 2.05) is 6.07 Å². The molecule has 0 saturated heterocycles. The average molecular weight is 357 g/mol. The van der Waals surface area contributed by atoms with E-state index in [0.717, 1.165) is 29.8 Å². The minimum atomic E-state index is -4.34. The third-order valence-electron chi connectivity index (χ3n) is 3.47. The number of sulfone groups is 1. The number of nitro benzene ring substituents is 1. The molecule has 1 aromatic heterocycles. The Morgan fingerprint density at radius 3 is 2.28 bits per heavy atom. The number of nitrogens with one attached hydrogen (secondary N) is 1. The maximum absolute atomic E-state index is 12.4. The number of nitrogens with zero attached hydrogens (tertiary/aromatic N) is 2. The third kappa shape index (κ3) is 3.17. The van der Waals surface area contributed by atoms with Gasteiger partial charge < -0.3 is 0 Å². The molecular formula is C16H11N3O5S. The fourth-order valence-electron chi connectivity index (χ4n) is 2.18. The van der Waals surface area contributed by atoms with Crippen LogP contribution in [0.3, 0.4) is 0 Å². The van der Waals surface area contributed by atoms with Crippen molar-refractivity contribution >= 4 is 20.6 Å². The molecule has 126 valence electrons. The summed E-state index contributed by atoms with van der Waals surface area (Å²) in [6.45, 7) is 0. The van der Waals surface area contributed by atoms with Crippen molar-refractivity contribution < 1.29 is 18.1 Å². The van der Waals surface area contributed by atoms with Gasteiger partial charge in [-0.05, 0) is 18.2 Å². The summed E-state index contributed by atoms with van der Waals surface area (Å²) in [5, 5.41) is 15.8. The number of benzene rings is 2. The first-order valence-corrected chi connectivity index (χ1v) is 8.52. The molecule has 0 bridgehead atoms. The van der Waals surface area contributed by atoms with Crippen LogP contribution < -0.4 is 0 Å². The van der Waals surface area contributed by atoms with Crippen LogP contribution in [0.5, 0.6) is 0 Å². The van der Waals surface area contributed by atoms with E-state index in [1.165, 1.54) is 6.07 Å². The summed E-state index contributed by atoms with van der Waals surface area (Å²) in [5.74, 6) is 0. The van der Waals surface area contributed by atoms with Gasteiger partial charge in [0.05, 0.1) is 15.5 Å². The van der Waals surface area contributed by atoms with Crippen LogP contribution in [-0.4, -0.2) is 28.7 Å². The standard InChI is InChI=1S/C16H11N3O5S/c20-16(15-10-14(17-18-15)11-4-2-1-3-5-11)25(23,24)13-8-6-12(7-9-13)19(21)22/h1-10H,(H,17,18). The van der Waals surface area contributed by atoms with Crippen molar-refractivity contribution in [1.82, 2.24) is 10.2 Å². The maximum atomic E-state index is 12.4. The van der Waals surface area contributed by atoms with E-state index in [2.05, 4.69) is 10.2 Å². The van der Waals surface area contributed by atoms with E-state index >= 15 is 0 Å². The SMILES string of the molecule is O=C(c1cc(-c2ccccc2)n[nH]1)S(=O)(=O)c1ccc([N+](=O)[O-])cc1. The van der Waals surface area contributed by atoms with Gasteiger partial charge in [-0.1, -0.05) is 30.3 Å². The zero-order chi connectivity index (χ0) is 18.0. The Kier molecular flexibility index (Phi) is 4.15. The Balaban J connectivity index is 1.92. The van der Waals surface area contributed by atoms with Crippen LogP contribution in [-0.2, 0) is 9.84 Å². The summed E-state index contributed by atoms with van der Waals surface area (Å²) in [7, 11) is -4.34. The Morgan fingerprint density at radius 2 is 1.68 bits per heavy atom. The van der Waals surface area contributed by atoms with Crippen LogP contribution in [0, 0.1) is 10.1 Å². The zero-order valence-corrected chi connectivity index (χ0v) is 13.4. The number of non-ortho nitro benzene ring substituents is 1. The van der Waals surface area contributed by atoms with Gasteiger partial charge in [-0.3, -0.25) is 20.0 Å². The zero-order valence-electron chi connectivity index (χ0n) is 12.6. The van der Waals surface area contributed by atoms with Gasteiger partial charge in [0.25, 0.3) is 10.8 Å². The lowest BCUT2D eigenvalue weighted by Gasteiger charge is -2.01. The molecule has 0 aliphatic rings. The quantitative estimate of drug-likeness (QED) is 0.565. The second-order valence-corrected chi connectivity index (χ2v) is 6.92. The number of carbonyl (C=O) groups is 1. The first-order valence-electron chi connectivity index (χ1n) is 7.04. The van der Waals surface area contributed by atoms with E-state index in [9.17, 15) is 23.3 Å². The second-order valence-electron chi connectivity index (χ2n) is 5.07. The lowest BCUT2D eigenvalue weighted by molar-refractivity contribution is -0.384. The average Bonchev–Trinajstić information content (AvgIpc) is 3.12. The number of rotatable bonds is 4. The van der Waals surface area contributed by atoms with Crippen LogP contribution in [0.25, 0.3) is 11.3 Å². The van der Waals surface area contributed by atoms with E-state index in [0.29, 0.717) is 5.69 Å². The van der Waals surface area contributed by atoms with Gasteiger partial charge in [0.1, 0.15) is 5.69 Å². The van der Waals surface area contributed by atoms with E-state index < -0.39 is 19.9 Å².